The summed E-state index contributed by atoms with van der Waals surface area (Å²) in [4.78, 5) is 0. The maximum Gasteiger partial charge on any atom is 0.0175 e. The van der Waals surface area contributed by atoms with Gasteiger partial charge in [-0.15, -0.1) is 0 Å². The molecule has 0 saturated heterocycles. The van der Waals surface area contributed by atoms with E-state index in [0.29, 0.717) is 0 Å². The van der Waals surface area contributed by atoms with Gasteiger partial charge in [0.05, 0.1) is 0 Å². The second kappa shape index (κ2) is 5.48. The molecule has 1 nitrogen and oxygen atoms in total. The van der Waals surface area contributed by atoms with Crippen LogP contribution < -0.4 is 5.73 Å². The highest BCUT2D eigenvalue weighted by atomic mass is 79.9. The third-order valence-corrected chi connectivity index (χ3v) is 3.22. The fourth-order valence-corrected chi connectivity index (χ4v) is 2.11. The number of rotatable bonds is 3. The quantitative estimate of drug-likeness (QED) is 0.908. The molecule has 0 saturated carbocycles. The predicted molar refractivity (Wildman–Crippen MR) is 76.9 cm³/mol. The second-order valence-corrected chi connectivity index (χ2v) is 5.30. The average molecular weight is 290 g/mol. The molecule has 2 aromatic rings. The number of hydrogen-bond donors (Lipinski definition) is 1. The second-order valence-electron chi connectivity index (χ2n) is 4.39. The van der Waals surface area contributed by atoms with Crippen molar-refractivity contribution in [3.05, 3.63) is 58.6 Å². The van der Waals surface area contributed by atoms with E-state index in [0.717, 1.165) is 10.9 Å². The molecule has 0 aliphatic carbocycles. The van der Waals surface area contributed by atoms with Crippen LogP contribution in [-0.2, 0) is 6.42 Å². The van der Waals surface area contributed by atoms with Crippen LogP contribution >= 0.6 is 15.9 Å². The Balaban J connectivity index is 2.20. The number of benzene rings is 2. The lowest BCUT2D eigenvalue weighted by Gasteiger charge is -2.07. The first-order valence-electron chi connectivity index (χ1n) is 5.75. The SMILES string of the molecule is CC(N)Cc1ccc(-c2ccc(Br)cc2)cc1. The smallest absolute Gasteiger partial charge is 0.0175 e. The fourth-order valence-electron chi connectivity index (χ4n) is 1.85. The molecule has 0 radical (unpaired) electrons. The van der Waals surface area contributed by atoms with Gasteiger partial charge in [-0.1, -0.05) is 52.3 Å². The zero-order valence-corrected chi connectivity index (χ0v) is 11.4. The van der Waals surface area contributed by atoms with Crippen LogP contribution in [0.1, 0.15) is 12.5 Å². The first-order chi connectivity index (χ1) is 8.15. The summed E-state index contributed by atoms with van der Waals surface area (Å²) in [5, 5.41) is 0. The van der Waals surface area contributed by atoms with Crippen LogP contribution in [0.5, 0.6) is 0 Å². The zero-order chi connectivity index (χ0) is 12.3. The first-order valence-corrected chi connectivity index (χ1v) is 6.55. The number of hydrogen-bond acceptors (Lipinski definition) is 1. The molecule has 2 rings (SSSR count). The Bertz CT molecular complexity index is 471. The highest BCUT2D eigenvalue weighted by Crippen LogP contribution is 2.22. The van der Waals surface area contributed by atoms with Gasteiger partial charge in [-0.3, -0.25) is 0 Å². The van der Waals surface area contributed by atoms with Gasteiger partial charge in [0.2, 0.25) is 0 Å². The van der Waals surface area contributed by atoms with E-state index in [2.05, 4.69) is 64.5 Å². The van der Waals surface area contributed by atoms with Crippen LogP contribution in [0.25, 0.3) is 11.1 Å². The van der Waals surface area contributed by atoms with Crippen molar-refractivity contribution in [1.29, 1.82) is 0 Å². The van der Waals surface area contributed by atoms with Crippen LogP contribution in [0, 0.1) is 0 Å². The number of nitrogens with two attached hydrogens (primary N) is 1. The molecule has 1 unspecified atom stereocenters. The third kappa shape index (κ3) is 3.42. The van der Waals surface area contributed by atoms with Gasteiger partial charge in [0.1, 0.15) is 0 Å². The highest BCUT2D eigenvalue weighted by molar-refractivity contribution is 9.10. The van der Waals surface area contributed by atoms with Crippen molar-refractivity contribution in [3.8, 4) is 11.1 Å². The number of halogens is 1. The average Bonchev–Trinajstić information content (AvgIpc) is 2.30. The molecule has 2 heteroatoms. The molecule has 0 aromatic heterocycles. The van der Waals surface area contributed by atoms with Crippen molar-refractivity contribution < 1.29 is 0 Å². The summed E-state index contributed by atoms with van der Waals surface area (Å²) in [6.07, 6.45) is 0.931. The maximum atomic E-state index is 5.79. The monoisotopic (exact) mass is 289 g/mol. The summed E-state index contributed by atoms with van der Waals surface area (Å²) in [5.41, 5.74) is 9.56. The summed E-state index contributed by atoms with van der Waals surface area (Å²) < 4.78 is 1.11. The van der Waals surface area contributed by atoms with E-state index in [1.807, 2.05) is 6.92 Å². The van der Waals surface area contributed by atoms with Crippen molar-refractivity contribution in [2.24, 2.45) is 5.73 Å². The van der Waals surface area contributed by atoms with E-state index in [4.69, 9.17) is 5.73 Å². The van der Waals surface area contributed by atoms with Crippen LogP contribution in [-0.4, -0.2) is 6.04 Å². The molecule has 17 heavy (non-hydrogen) atoms. The molecular weight excluding hydrogens is 274 g/mol. The highest BCUT2D eigenvalue weighted by Gasteiger charge is 2.00. The van der Waals surface area contributed by atoms with Crippen LogP contribution in [0.2, 0.25) is 0 Å². The lowest BCUT2D eigenvalue weighted by molar-refractivity contribution is 0.738. The molecule has 0 heterocycles. The Morgan fingerprint density at radius 3 is 1.88 bits per heavy atom. The molecule has 0 spiro atoms. The van der Waals surface area contributed by atoms with Gasteiger partial charge in [-0.2, -0.15) is 0 Å². The lowest BCUT2D eigenvalue weighted by atomic mass is 10.0. The topological polar surface area (TPSA) is 26.0 Å². The van der Waals surface area contributed by atoms with E-state index in [1.54, 1.807) is 0 Å². The Hall–Kier alpha value is -1.12. The van der Waals surface area contributed by atoms with Crippen molar-refractivity contribution in [2.75, 3.05) is 0 Å². The normalized spacial score (nSPS) is 12.4. The summed E-state index contributed by atoms with van der Waals surface area (Å²) in [6, 6.07) is 17.2. The van der Waals surface area contributed by atoms with Gasteiger partial charge in [-0.25, -0.2) is 0 Å². The van der Waals surface area contributed by atoms with Gasteiger partial charge in [0.15, 0.2) is 0 Å². The molecule has 88 valence electrons. The minimum absolute atomic E-state index is 0.216. The van der Waals surface area contributed by atoms with Gasteiger partial charge >= 0.3 is 0 Å². The summed E-state index contributed by atoms with van der Waals surface area (Å²) in [5.74, 6) is 0. The maximum absolute atomic E-state index is 5.79. The molecule has 0 aliphatic heterocycles. The Morgan fingerprint density at radius 1 is 0.941 bits per heavy atom. The Kier molecular flexibility index (Phi) is 3.97. The van der Waals surface area contributed by atoms with Crippen LogP contribution in [0.3, 0.4) is 0 Å². The Labute approximate surface area is 111 Å². The van der Waals surface area contributed by atoms with Crippen LogP contribution in [0.15, 0.2) is 53.0 Å². The van der Waals surface area contributed by atoms with Crippen molar-refractivity contribution in [3.63, 3.8) is 0 Å². The van der Waals surface area contributed by atoms with Crippen LogP contribution in [0.4, 0.5) is 0 Å². The van der Waals surface area contributed by atoms with E-state index < -0.39 is 0 Å². The largest absolute Gasteiger partial charge is 0.328 e. The minimum Gasteiger partial charge on any atom is -0.328 e. The van der Waals surface area contributed by atoms with Crippen molar-refractivity contribution in [2.45, 2.75) is 19.4 Å². The van der Waals surface area contributed by atoms with Gasteiger partial charge < -0.3 is 5.73 Å². The lowest BCUT2D eigenvalue weighted by Crippen LogP contribution is -2.17. The standard InChI is InChI=1S/C15H16BrN/c1-11(17)10-12-2-4-13(5-3-12)14-6-8-15(16)9-7-14/h2-9,11H,10,17H2,1H3. The third-order valence-electron chi connectivity index (χ3n) is 2.69. The molecule has 0 aliphatic rings. The summed E-state index contributed by atoms with van der Waals surface area (Å²) in [6.45, 7) is 2.03. The minimum atomic E-state index is 0.216. The summed E-state index contributed by atoms with van der Waals surface area (Å²) >= 11 is 3.44. The zero-order valence-electron chi connectivity index (χ0n) is 9.86. The molecule has 0 fully saturated rings. The molecule has 0 bridgehead atoms. The molecule has 2 aromatic carbocycles. The molecule has 2 N–H and O–H groups in total. The van der Waals surface area contributed by atoms with Crippen molar-refractivity contribution in [1.82, 2.24) is 0 Å². The van der Waals surface area contributed by atoms with Crippen molar-refractivity contribution >= 4 is 15.9 Å². The van der Waals surface area contributed by atoms with Gasteiger partial charge in [-0.05, 0) is 42.2 Å². The fraction of sp³-hybridized carbons (Fsp3) is 0.200. The van der Waals surface area contributed by atoms with E-state index in [-0.39, 0.29) is 6.04 Å². The Morgan fingerprint density at radius 2 is 1.41 bits per heavy atom. The van der Waals surface area contributed by atoms with Gasteiger partial charge in [0, 0.05) is 10.5 Å². The molecule has 1 atom stereocenters. The van der Waals surface area contributed by atoms with E-state index >= 15 is 0 Å². The molecule has 0 amide bonds. The van der Waals surface area contributed by atoms with E-state index in [1.165, 1.54) is 16.7 Å². The van der Waals surface area contributed by atoms with E-state index in [9.17, 15) is 0 Å². The predicted octanol–water partition coefficient (Wildman–Crippen LogP) is 4.01. The summed E-state index contributed by atoms with van der Waals surface area (Å²) in [7, 11) is 0. The van der Waals surface area contributed by atoms with Gasteiger partial charge in [0.25, 0.3) is 0 Å². The molecular formula is C15H16BrN. The first kappa shape index (κ1) is 12.3.